The normalized spacial score (nSPS) is 11.2. The van der Waals surface area contributed by atoms with E-state index < -0.39 is 14.9 Å². The third-order valence-electron chi connectivity index (χ3n) is 3.18. The summed E-state index contributed by atoms with van der Waals surface area (Å²) in [6.45, 7) is 3.68. The highest BCUT2D eigenvalue weighted by molar-refractivity contribution is 7.92. The van der Waals surface area contributed by atoms with Gasteiger partial charge in [0.25, 0.3) is 21.6 Å². The molecule has 0 heterocycles. The number of hydrogen-bond acceptors (Lipinski definition) is 5. The monoisotopic (exact) mass is 363 g/mol. The van der Waals surface area contributed by atoms with E-state index in [1.807, 2.05) is 13.8 Å². The molecule has 0 atom stereocenters. The van der Waals surface area contributed by atoms with Crippen LogP contribution >= 0.6 is 0 Å². The molecule has 0 spiro atoms. The molecule has 2 N–H and O–H groups in total. The minimum atomic E-state index is -3.88. The van der Waals surface area contributed by atoms with Crippen molar-refractivity contribution in [2.45, 2.75) is 24.8 Å². The van der Waals surface area contributed by atoms with Crippen molar-refractivity contribution in [3.05, 3.63) is 64.2 Å². The number of anilines is 1. The largest absolute Gasteiger partial charge is 0.350 e. The molecule has 25 heavy (non-hydrogen) atoms. The third kappa shape index (κ3) is 4.77. The topological polar surface area (TPSA) is 118 Å². The Bertz CT molecular complexity index is 875. The van der Waals surface area contributed by atoms with E-state index in [1.54, 1.807) is 0 Å². The lowest BCUT2D eigenvalue weighted by atomic mass is 10.2. The van der Waals surface area contributed by atoms with Gasteiger partial charge < -0.3 is 5.32 Å². The average molecular weight is 363 g/mol. The lowest BCUT2D eigenvalue weighted by Crippen LogP contribution is -2.30. The molecule has 0 fully saturated rings. The first-order chi connectivity index (χ1) is 11.7. The predicted molar refractivity (Wildman–Crippen MR) is 92.9 cm³/mol. The minimum absolute atomic E-state index is 0.00665. The smallest absolute Gasteiger partial charge is 0.269 e. The van der Waals surface area contributed by atoms with Crippen LogP contribution in [-0.2, 0) is 10.0 Å². The Kier molecular flexibility index (Phi) is 5.38. The summed E-state index contributed by atoms with van der Waals surface area (Å²) in [5, 5.41) is 13.3. The van der Waals surface area contributed by atoms with Gasteiger partial charge in [0.15, 0.2) is 0 Å². The van der Waals surface area contributed by atoms with Crippen LogP contribution in [0.1, 0.15) is 24.2 Å². The number of amides is 1. The first-order valence-electron chi connectivity index (χ1n) is 7.37. The number of hydrogen-bond donors (Lipinski definition) is 2. The maximum atomic E-state index is 12.3. The van der Waals surface area contributed by atoms with Gasteiger partial charge in [-0.15, -0.1) is 0 Å². The average Bonchev–Trinajstić information content (AvgIpc) is 2.54. The summed E-state index contributed by atoms with van der Waals surface area (Å²) >= 11 is 0. The second kappa shape index (κ2) is 7.31. The molecule has 0 saturated heterocycles. The van der Waals surface area contributed by atoms with E-state index in [0.29, 0.717) is 5.56 Å². The van der Waals surface area contributed by atoms with Gasteiger partial charge >= 0.3 is 0 Å². The van der Waals surface area contributed by atoms with Gasteiger partial charge in [0.05, 0.1) is 9.82 Å². The summed E-state index contributed by atoms with van der Waals surface area (Å²) in [5.74, 6) is -0.250. The van der Waals surface area contributed by atoms with Crippen LogP contribution in [0.25, 0.3) is 0 Å². The lowest BCUT2D eigenvalue weighted by molar-refractivity contribution is -0.384. The minimum Gasteiger partial charge on any atom is -0.350 e. The number of benzene rings is 2. The molecule has 0 radical (unpaired) electrons. The van der Waals surface area contributed by atoms with Crippen molar-refractivity contribution < 1.29 is 18.1 Å². The number of rotatable bonds is 6. The van der Waals surface area contributed by atoms with E-state index in [-0.39, 0.29) is 28.2 Å². The molecule has 0 aromatic heterocycles. The Morgan fingerprint density at radius 3 is 2.08 bits per heavy atom. The molecule has 0 saturated carbocycles. The molecule has 2 rings (SSSR count). The molecule has 0 bridgehead atoms. The fraction of sp³-hybridized carbons (Fsp3) is 0.188. The van der Waals surface area contributed by atoms with E-state index >= 15 is 0 Å². The molecule has 1 amide bonds. The van der Waals surface area contributed by atoms with Crippen LogP contribution in [0.3, 0.4) is 0 Å². The number of nitrogens with one attached hydrogen (secondary N) is 2. The van der Waals surface area contributed by atoms with Crippen LogP contribution in [0.4, 0.5) is 11.4 Å². The van der Waals surface area contributed by atoms with Gasteiger partial charge in [-0.1, -0.05) is 0 Å². The standard InChI is InChI=1S/C16H17N3O5S/c1-11(2)17-16(20)12-3-5-13(6-4-12)18-25(23,24)15-9-7-14(8-10-15)19(21)22/h3-11,18H,1-2H3,(H,17,20). The van der Waals surface area contributed by atoms with Gasteiger partial charge in [0, 0.05) is 29.4 Å². The highest BCUT2D eigenvalue weighted by Crippen LogP contribution is 2.19. The number of nitro benzene ring substituents is 1. The van der Waals surface area contributed by atoms with Crippen molar-refractivity contribution in [3.63, 3.8) is 0 Å². The molecular formula is C16H17N3O5S. The molecule has 8 nitrogen and oxygen atoms in total. The van der Waals surface area contributed by atoms with Crippen LogP contribution in [0.15, 0.2) is 53.4 Å². The van der Waals surface area contributed by atoms with Gasteiger partial charge in [-0.05, 0) is 50.2 Å². The summed E-state index contributed by atoms with van der Waals surface area (Å²) in [4.78, 5) is 21.8. The summed E-state index contributed by atoms with van der Waals surface area (Å²) in [6, 6.07) is 10.5. The maximum absolute atomic E-state index is 12.3. The van der Waals surface area contributed by atoms with Gasteiger partial charge in [0.1, 0.15) is 0 Å². The zero-order chi connectivity index (χ0) is 18.6. The van der Waals surface area contributed by atoms with Crippen molar-refractivity contribution in [2.75, 3.05) is 4.72 Å². The van der Waals surface area contributed by atoms with Gasteiger partial charge in [-0.3, -0.25) is 19.6 Å². The van der Waals surface area contributed by atoms with Crippen LogP contribution in [0, 0.1) is 10.1 Å². The zero-order valence-electron chi connectivity index (χ0n) is 13.6. The fourth-order valence-corrected chi connectivity index (χ4v) is 3.05. The number of sulfonamides is 1. The number of carbonyl (C=O) groups excluding carboxylic acids is 1. The highest BCUT2D eigenvalue weighted by atomic mass is 32.2. The summed E-state index contributed by atoms with van der Waals surface area (Å²) in [7, 11) is -3.88. The molecular weight excluding hydrogens is 346 g/mol. The lowest BCUT2D eigenvalue weighted by Gasteiger charge is -2.10. The number of nitrogens with zero attached hydrogens (tertiary/aromatic N) is 1. The fourth-order valence-electron chi connectivity index (χ4n) is 2.00. The van der Waals surface area contributed by atoms with Crippen molar-refractivity contribution in [1.82, 2.24) is 5.32 Å². The highest BCUT2D eigenvalue weighted by Gasteiger charge is 2.16. The van der Waals surface area contributed by atoms with E-state index in [0.717, 1.165) is 24.3 Å². The Hall–Kier alpha value is -2.94. The quantitative estimate of drug-likeness (QED) is 0.604. The van der Waals surface area contributed by atoms with E-state index in [4.69, 9.17) is 0 Å². The molecule has 132 valence electrons. The summed E-state index contributed by atoms with van der Waals surface area (Å²) < 4.78 is 26.9. The summed E-state index contributed by atoms with van der Waals surface area (Å²) in [5.41, 5.74) is 0.492. The predicted octanol–water partition coefficient (Wildman–Crippen LogP) is 2.53. The second-order valence-electron chi connectivity index (χ2n) is 5.56. The number of non-ortho nitro benzene ring substituents is 1. The molecule has 0 unspecified atom stereocenters. The SMILES string of the molecule is CC(C)NC(=O)c1ccc(NS(=O)(=O)c2ccc([N+](=O)[O-])cc2)cc1. The Morgan fingerprint density at radius 1 is 1.04 bits per heavy atom. The number of carbonyl (C=O) groups is 1. The first-order valence-corrected chi connectivity index (χ1v) is 8.85. The molecule has 0 aliphatic rings. The Morgan fingerprint density at radius 2 is 1.60 bits per heavy atom. The maximum Gasteiger partial charge on any atom is 0.269 e. The van der Waals surface area contributed by atoms with Gasteiger partial charge in [-0.25, -0.2) is 8.42 Å². The summed E-state index contributed by atoms with van der Waals surface area (Å²) in [6.07, 6.45) is 0. The molecule has 0 aliphatic carbocycles. The molecule has 2 aromatic carbocycles. The Balaban J connectivity index is 2.15. The Labute approximate surface area is 145 Å². The molecule has 2 aromatic rings. The molecule has 9 heteroatoms. The van der Waals surface area contributed by atoms with Crippen LogP contribution in [-0.4, -0.2) is 25.3 Å². The first kappa shape index (κ1) is 18.4. The van der Waals surface area contributed by atoms with Gasteiger partial charge in [-0.2, -0.15) is 0 Å². The van der Waals surface area contributed by atoms with Gasteiger partial charge in [0.2, 0.25) is 0 Å². The number of nitro groups is 1. The van der Waals surface area contributed by atoms with Crippen LogP contribution in [0.2, 0.25) is 0 Å². The van der Waals surface area contributed by atoms with Crippen molar-refractivity contribution in [3.8, 4) is 0 Å². The third-order valence-corrected chi connectivity index (χ3v) is 4.57. The van der Waals surface area contributed by atoms with E-state index in [9.17, 15) is 23.3 Å². The second-order valence-corrected chi connectivity index (χ2v) is 7.24. The van der Waals surface area contributed by atoms with Crippen LogP contribution < -0.4 is 10.0 Å². The van der Waals surface area contributed by atoms with E-state index in [2.05, 4.69) is 10.0 Å². The van der Waals surface area contributed by atoms with Crippen molar-refractivity contribution in [1.29, 1.82) is 0 Å². The zero-order valence-corrected chi connectivity index (χ0v) is 14.4. The molecule has 0 aliphatic heterocycles. The van der Waals surface area contributed by atoms with E-state index in [1.165, 1.54) is 24.3 Å². The van der Waals surface area contributed by atoms with Crippen LogP contribution in [0.5, 0.6) is 0 Å². The van der Waals surface area contributed by atoms with Crippen molar-refractivity contribution in [2.24, 2.45) is 0 Å². The van der Waals surface area contributed by atoms with Crippen molar-refractivity contribution >= 4 is 27.3 Å².